The van der Waals surface area contributed by atoms with E-state index in [-0.39, 0.29) is 18.1 Å². The van der Waals surface area contributed by atoms with Gasteiger partial charge < -0.3 is 20.1 Å². The van der Waals surface area contributed by atoms with E-state index < -0.39 is 0 Å². The summed E-state index contributed by atoms with van der Waals surface area (Å²) in [6, 6.07) is 0. The van der Waals surface area contributed by atoms with Gasteiger partial charge in [0.15, 0.2) is 0 Å². The Labute approximate surface area is 90.5 Å². The fourth-order valence-electron chi connectivity index (χ4n) is 1.61. The van der Waals surface area contributed by atoms with Crippen molar-refractivity contribution in [3.8, 4) is 0 Å². The molecule has 2 N–H and O–H groups in total. The number of morpholine rings is 1. The predicted octanol–water partition coefficient (Wildman–Crippen LogP) is -0.482. The summed E-state index contributed by atoms with van der Waals surface area (Å²) >= 11 is 0. The molecule has 1 aliphatic rings. The smallest absolute Gasteiger partial charge is 0.246 e. The molecule has 0 aromatic rings. The van der Waals surface area contributed by atoms with Crippen molar-refractivity contribution in [2.45, 2.75) is 18.9 Å². The first-order chi connectivity index (χ1) is 7.22. The Morgan fingerprint density at radius 3 is 3.00 bits per heavy atom. The number of rotatable bonds is 5. The second-order valence-corrected chi connectivity index (χ2v) is 3.77. The first-order valence-electron chi connectivity index (χ1n) is 5.33. The van der Waals surface area contributed by atoms with Gasteiger partial charge in [-0.15, -0.1) is 0 Å². The van der Waals surface area contributed by atoms with Crippen molar-refractivity contribution in [2.24, 2.45) is 0 Å². The molecule has 1 rings (SSSR count). The van der Waals surface area contributed by atoms with Crippen LogP contribution >= 0.6 is 0 Å². The summed E-state index contributed by atoms with van der Waals surface area (Å²) in [5.41, 5.74) is -0.248. The summed E-state index contributed by atoms with van der Waals surface area (Å²) in [5.74, 6) is -0.0977. The molecule has 0 saturated carbocycles. The van der Waals surface area contributed by atoms with E-state index in [9.17, 15) is 4.79 Å². The van der Waals surface area contributed by atoms with E-state index in [1.807, 2.05) is 0 Å². The first-order valence-corrected chi connectivity index (χ1v) is 5.33. The molecular formula is C10H20N2O3. The van der Waals surface area contributed by atoms with Gasteiger partial charge in [-0.2, -0.15) is 0 Å². The lowest BCUT2D eigenvalue weighted by Gasteiger charge is -2.37. The highest BCUT2D eigenvalue weighted by Gasteiger charge is 2.31. The van der Waals surface area contributed by atoms with Crippen LogP contribution in [0.3, 0.4) is 0 Å². The average molecular weight is 216 g/mol. The van der Waals surface area contributed by atoms with Crippen LogP contribution in [0, 0.1) is 0 Å². The van der Waals surface area contributed by atoms with Crippen molar-refractivity contribution < 1.29 is 14.3 Å². The monoisotopic (exact) mass is 216 g/mol. The van der Waals surface area contributed by atoms with E-state index in [0.717, 1.165) is 19.5 Å². The number of amides is 1. The zero-order valence-electron chi connectivity index (χ0n) is 9.47. The molecule has 1 atom stereocenters. The lowest BCUT2D eigenvalue weighted by atomic mass is 9.99. The minimum atomic E-state index is -0.248. The van der Waals surface area contributed by atoms with Crippen molar-refractivity contribution >= 4 is 5.91 Å². The Morgan fingerprint density at radius 2 is 2.47 bits per heavy atom. The Balaban J connectivity index is 2.35. The maximum absolute atomic E-state index is 11.2. The number of hydrogen-bond acceptors (Lipinski definition) is 4. The SMILES string of the molecule is CCC1(CNC(=O)COC)CNCCO1. The average Bonchev–Trinajstić information content (AvgIpc) is 2.28. The van der Waals surface area contributed by atoms with Gasteiger partial charge in [0, 0.05) is 26.7 Å². The zero-order valence-corrected chi connectivity index (χ0v) is 9.47. The van der Waals surface area contributed by atoms with Gasteiger partial charge in [-0.1, -0.05) is 6.92 Å². The third-order valence-electron chi connectivity index (χ3n) is 2.66. The number of ether oxygens (including phenoxy) is 2. The van der Waals surface area contributed by atoms with Crippen LogP contribution in [0.5, 0.6) is 0 Å². The Kier molecular flexibility index (Phi) is 5.01. The number of carbonyl (C=O) groups is 1. The van der Waals surface area contributed by atoms with Gasteiger partial charge in [-0.25, -0.2) is 0 Å². The van der Waals surface area contributed by atoms with Crippen molar-refractivity contribution in [1.82, 2.24) is 10.6 Å². The van der Waals surface area contributed by atoms with E-state index in [1.54, 1.807) is 0 Å². The van der Waals surface area contributed by atoms with E-state index in [4.69, 9.17) is 9.47 Å². The summed E-state index contributed by atoms with van der Waals surface area (Å²) in [4.78, 5) is 11.2. The van der Waals surface area contributed by atoms with E-state index in [0.29, 0.717) is 13.2 Å². The second-order valence-electron chi connectivity index (χ2n) is 3.77. The van der Waals surface area contributed by atoms with Crippen LogP contribution in [0.2, 0.25) is 0 Å². The second kappa shape index (κ2) is 6.05. The molecule has 1 heterocycles. The van der Waals surface area contributed by atoms with Gasteiger partial charge in [0.2, 0.25) is 5.91 Å². The summed E-state index contributed by atoms with van der Waals surface area (Å²) < 4.78 is 10.5. The van der Waals surface area contributed by atoms with Crippen molar-refractivity contribution in [3.63, 3.8) is 0 Å². The highest BCUT2D eigenvalue weighted by atomic mass is 16.5. The molecule has 0 aromatic heterocycles. The molecule has 5 nitrogen and oxygen atoms in total. The summed E-state index contributed by atoms with van der Waals surface area (Å²) in [7, 11) is 1.51. The standard InChI is InChI=1S/C10H20N2O3/c1-3-10(7-11-4-5-15-10)8-12-9(13)6-14-2/h11H,3-8H2,1-2H3,(H,12,13). The van der Waals surface area contributed by atoms with E-state index >= 15 is 0 Å². The number of methoxy groups -OCH3 is 1. The molecule has 5 heteroatoms. The highest BCUT2D eigenvalue weighted by molar-refractivity contribution is 5.77. The topological polar surface area (TPSA) is 59.6 Å². The molecule has 0 radical (unpaired) electrons. The largest absolute Gasteiger partial charge is 0.375 e. The third kappa shape index (κ3) is 3.77. The molecule has 1 saturated heterocycles. The van der Waals surface area contributed by atoms with Crippen LogP contribution in [0.15, 0.2) is 0 Å². The minimum Gasteiger partial charge on any atom is -0.375 e. The van der Waals surface area contributed by atoms with Crippen LogP contribution in [0.4, 0.5) is 0 Å². The maximum atomic E-state index is 11.2. The van der Waals surface area contributed by atoms with Gasteiger partial charge in [-0.05, 0) is 6.42 Å². The molecule has 88 valence electrons. The van der Waals surface area contributed by atoms with Gasteiger partial charge in [0.05, 0.1) is 12.2 Å². The molecular weight excluding hydrogens is 196 g/mol. The first kappa shape index (κ1) is 12.4. The Morgan fingerprint density at radius 1 is 1.67 bits per heavy atom. The molecule has 1 aliphatic heterocycles. The molecule has 15 heavy (non-hydrogen) atoms. The zero-order chi connectivity index (χ0) is 11.1. The lowest BCUT2D eigenvalue weighted by molar-refractivity contribution is -0.127. The molecule has 0 spiro atoms. The van der Waals surface area contributed by atoms with Crippen LogP contribution in [0.25, 0.3) is 0 Å². The summed E-state index contributed by atoms with van der Waals surface area (Å²) in [5, 5.41) is 6.09. The van der Waals surface area contributed by atoms with Crippen LogP contribution in [-0.4, -0.2) is 51.5 Å². The van der Waals surface area contributed by atoms with Gasteiger partial charge in [0.25, 0.3) is 0 Å². The van der Waals surface area contributed by atoms with Gasteiger partial charge in [0.1, 0.15) is 6.61 Å². The summed E-state index contributed by atoms with van der Waals surface area (Å²) in [6.45, 7) is 5.08. The minimum absolute atomic E-state index is 0.0977. The van der Waals surface area contributed by atoms with Crippen molar-refractivity contribution in [3.05, 3.63) is 0 Å². The number of hydrogen-bond donors (Lipinski definition) is 2. The lowest BCUT2D eigenvalue weighted by Crippen LogP contribution is -2.55. The highest BCUT2D eigenvalue weighted by Crippen LogP contribution is 2.16. The number of nitrogens with one attached hydrogen (secondary N) is 2. The number of carbonyl (C=O) groups excluding carboxylic acids is 1. The molecule has 1 amide bonds. The van der Waals surface area contributed by atoms with Gasteiger partial charge in [-0.3, -0.25) is 4.79 Å². The van der Waals surface area contributed by atoms with Crippen molar-refractivity contribution in [2.75, 3.05) is 40.0 Å². The van der Waals surface area contributed by atoms with Crippen LogP contribution in [0.1, 0.15) is 13.3 Å². The normalized spacial score (nSPS) is 26.3. The Hall–Kier alpha value is -0.650. The van der Waals surface area contributed by atoms with Gasteiger partial charge >= 0.3 is 0 Å². The van der Waals surface area contributed by atoms with Crippen LogP contribution in [-0.2, 0) is 14.3 Å². The quantitative estimate of drug-likeness (QED) is 0.651. The molecule has 0 aromatic carbocycles. The fourth-order valence-corrected chi connectivity index (χ4v) is 1.61. The fraction of sp³-hybridized carbons (Fsp3) is 0.900. The van der Waals surface area contributed by atoms with Crippen molar-refractivity contribution in [1.29, 1.82) is 0 Å². The van der Waals surface area contributed by atoms with E-state index in [2.05, 4.69) is 17.6 Å². The Bertz CT molecular complexity index is 203. The maximum Gasteiger partial charge on any atom is 0.246 e. The van der Waals surface area contributed by atoms with E-state index in [1.165, 1.54) is 7.11 Å². The molecule has 0 bridgehead atoms. The van der Waals surface area contributed by atoms with Crippen LogP contribution < -0.4 is 10.6 Å². The molecule has 0 aliphatic carbocycles. The predicted molar refractivity (Wildman–Crippen MR) is 56.7 cm³/mol. The third-order valence-corrected chi connectivity index (χ3v) is 2.66. The molecule has 1 unspecified atom stereocenters. The molecule has 1 fully saturated rings. The summed E-state index contributed by atoms with van der Waals surface area (Å²) in [6.07, 6.45) is 0.882.